The Hall–Kier alpha value is -2.85. The number of halogens is 1. The number of esters is 1. The summed E-state index contributed by atoms with van der Waals surface area (Å²) < 4.78 is 31.2. The number of ether oxygens (including phenoxy) is 3. The molecule has 1 aliphatic carbocycles. The Bertz CT molecular complexity index is 926. The highest BCUT2D eigenvalue weighted by Crippen LogP contribution is 2.40. The molecule has 3 rings (SSSR count). The second kappa shape index (κ2) is 10.5. The standard InChI is InChI=1S/C24H29FN2O4/c1-3-30-24(28)21-15(2)31-23(27)19(12-26)22(21)17-9-10-18(20(25)11-17)14-29-13-16-7-5-4-6-8-16/h9-11,16,22H,3-8,13-14,27H2,1-2H3. The van der Waals surface area contributed by atoms with Gasteiger partial charge in [0.2, 0.25) is 5.88 Å². The van der Waals surface area contributed by atoms with Crippen molar-refractivity contribution in [3.63, 3.8) is 0 Å². The van der Waals surface area contributed by atoms with Crippen molar-refractivity contribution in [2.45, 2.75) is 58.5 Å². The van der Waals surface area contributed by atoms with Crippen molar-refractivity contribution in [2.24, 2.45) is 11.7 Å². The number of carbonyl (C=O) groups is 1. The minimum atomic E-state index is -0.857. The van der Waals surface area contributed by atoms with Gasteiger partial charge in [-0.2, -0.15) is 5.26 Å². The summed E-state index contributed by atoms with van der Waals surface area (Å²) >= 11 is 0. The molecule has 0 spiro atoms. The quantitative estimate of drug-likeness (QED) is 0.640. The second-order valence-electron chi connectivity index (χ2n) is 7.99. The van der Waals surface area contributed by atoms with Crippen LogP contribution in [-0.2, 0) is 25.6 Å². The first-order valence-electron chi connectivity index (χ1n) is 10.8. The molecule has 0 radical (unpaired) electrons. The van der Waals surface area contributed by atoms with Crippen LogP contribution in [0.4, 0.5) is 4.39 Å². The normalized spacial score (nSPS) is 19.7. The van der Waals surface area contributed by atoms with Crippen molar-refractivity contribution in [1.29, 1.82) is 5.26 Å². The fraction of sp³-hybridized carbons (Fsp3) is 0.500. The van der Waals surface area contributed by atoms with Crippen molar-refractivity contribution >= 4 is 5.97 Å². The number of nitriles is 1. The third-order valence-corrected chi connectivity index (χ3v) is 5.85. The average Bonchev–Trinajstić information content (AvgIpc) is 2.75. The summed E-state index contributed by atoms with van der Waals surface area (Å²) in [5.74, 6) is -1.25. The smallest absolute Gasteiger partial charge is 0.338 e. The maximum Gasteiger partial charge on any atom is 0.338 e. The third-order valence-electron chi connectivity index (χ3n) is 5.85. The van der Waals surface area contributed by atoms with Gasteiger partial charge in [-0.25, -0.2) is 9.18 Å². The molecule has 1 atom stereocenters. The average molecular weight is 429 g/mol. The SMILES string of the molecule is CCOC(=O)C1=C(C)OC(N)=C(C#N)C1c1ccc(COCC2CCCCC2)c(F)c1. The lowest BCUT2D eigenvalue weighted by molar-refractivity contribution is -0.139. The Labute approximate surface area is 182 Å². The minimum absolute atomic E-state index is 0.0503. The molecule has 0 bridgehead atoms. The van der Waals surface area contributed by atoms with E-state index in [-0.39, 0.29) is 36.0 Å². The lowest BCUT2D eigenvalue weighted by Gasteiger charge is -2.27. The van der Waals surface area contributed by atoms with E-state index in [0.29, 0.717) is 23.7 Å². The number of allylic oxidation sites excluding steroid dienone is 2. The van der Waals surface area contributed by atoms with E-state index in [2.05, 4.69) is 0 Å². The van der Waals surface area contributed by atoms with Gasteiger partial charge in [0.05, 0.1) is 24.7 Å². The molecule has 1 fully saturated rings. The van der Waals surface area contributed by atoms with Crippen molar-refractivity contribution in [1.82, 2.24) is 0 Å². The van der Waals surface area contributed by atoms with Gasteiger partial charge in [-0.15, -0.1) is 0 Å². The first-order chi connectivity index (χ1) is 15.0. The van der Waals surface area contributed by atoms with Gasteiger partial charge in [0.1, 0.15) is 23.2 Å². The maximum absolute atomic E-state index is 14.9. The van der Waals surface area contributed by atoms with Crippen LogP contribution in [0, 0.1) is 23.1 Å². The molecule has 0 aromatic heterocycles. The molecule has 1 aromatic rings. The van der Waals surface area contributed by atoms with Crippen molar-refractivity contribution < 1.29 is 23.4 Å². The molecule has 1 saturated carbocycles. The molecule has 166 valence electrons. The van der Waals surface area contributed by atoms with E-state index in [1.54, 1.807) is 26.0 Å². The highest BCUT2D eigenvalue weighted by molar-refractivity contribution is 5.92. The largest absolute Gasteiger partial charge is 0.463 e. The Morgan fingerprint density at radius 2 is 2.06 bits per heavy atom. The molecule has 0 saturated heterocycles. The van der Waals surface area contributed by atoms with Crippen LogP contribution >= 0.6 is 0 Å². The van der Waals surface area contributed by atoms with Gasteiger partial charge in [0, 0.05) is 12.2 Å². The van der Waals surface area contributed by atoms with Gasteiger partial charge in [-0.1, -0.05) is 31.4 Å². The summed E-state index contributed by atoms with van der Waals surface area (Å²) in [6.07, 6.45) is 6.08. The Morgan fingerprint density at radius 1 is 1.32 bits per heavy atom. The highest BCUT2D eigenvalue weighted by atomic mass is 19.1. The minimum Gasteiger partial charge on any atom is -0.463 e. The zero-order chi connectivity index (χ0) is 22.4. The van der Waals surface area contributed by atoms with E-state index in [1.165, 1.54) is 25.3 Å². The van der Waals surface area contributed by atoms with Gasteiger partial charge in [-0.05, 0) is 44.2 Å². The number of carbonyl (C=O) groups excluding carboxylic acids is 1. The number of nitrogens with two attached hydrogens (primary N) is 1. The van der Waals surface area contributed by atoms with E-state index in [0.717, 1.165) is 12.8 Å². The Morgan fingerprint density at radius 3 is 2.71 bits per heavy atom. The molecule has 2 N–H and O–H groups in total. The molecular formula is C24H29FN2O4. The van der Waals surface area contributed by atoms with E-state index in [9.17, 15) is 14.4 Å². The van der Waals surface area contributed by atoms with E-state index >= 15 is 0 Å². The van der Waals surface area contributed by atoms with Crippen molar-refractivity contribution in [3.8, 4) is 6.07 Å². The van der Waals surface area contributed by atoms with Gasteiger partial charge in [0.15, 0.2) is 0 Å². The van der Waals surface area contributed by atoms with Crippen LogP contribution in [0.1, 0.15) is 63.0 Å². The zero-order valence-electron chi connectivity index (χ0n) is 18.1. The molecule has 7 heteroatoms. The topological polar surface area (TPSA) is 94.6 Å². The summed E-state index contributed by atoms with van der Waals surface area (Å²) in [6.45, 7) is 4.23. The number of benzene rings is 1. The van der Waals surface area contributed by atoms with Gasteiger partial charge < -0.3 is 19.9 Å². The summed E-state index contributed by atoms with van der Waals surface area (Å²) in [6, 6.07) is 6.64. The summed E-state index contributed by atoms with van der Waals surface area (Å²) in [5, 5.41) is 9.62. The molecule has 6 nitrogen and oxygen atoms in total. The van der Waals surface area contributed by atoms with E-state index in [4.69, 9.17) is 19.9 Å². The van der Waals surface area contributed by atoms with Crippen LogP contribution in [0.5, 0.6) is 0 Å². The summed E-state index contributed by atoms with van der Waals surface area (Å²) in [7, 11) is 0. The predicted octanol–water partition coefficient (Wildman–Crippen LogP) is 4.57. The van der Waals surface area contributed by atoms with Gasteiger partial charge in [0.25, 0.3) is 0 Å². The highest BCUT2D eigenvalue weighted by Gasteiger charge is 2.36. The lowest BCUT2D eigenvalue weighted by Crippen LogP contribution is -2.25. The molecular weight excluding hydrogens is 399 g/mol. The zero-order valence-corrected chi connectivity index (χ0v) is 18.1. The van der Waals surface area contributed by atoms with Crippen molar-refractivity contribution in [3.05, 3.63) is 57.9 Å². The first-order valence-corrected chi connectivity index (χ1v) is 10.8. The molecule has 1 aromatic carbocycles. The van der Waals surface area contributed by atoms with Crippen LogP contribution in [0.25, 0.3) is 0 Å². The fourth-order valence-electron chi connectivity index (χ4n) is 4.24. The molecule has 0 amide bonds. The van der Waals surface area contributed by atoms with Crippen LogP contribution < -0.4 is 5.73 Å². The van der Waals surface area contributed by atoms with Crippen LogP contribution in [-0.4, -0.2) is 19.2 Å². The predicted molar refractivity (Wildman–Crippen MR) is 113 cm³/mol. The number of hydrogen-bond donors (Lipinski definition) is 1. The van der Waals surface area contributed by atoms with Crippen LogP contribution in [0.2, 0.25) is 0 Å². The van der Waals surface area contributed by atoms with E-state index < -0.39 is 17.7 Å². The van der Waals surface area contributed by atoms with Crippen LogP contribution in [0.3, 0.4) is 0 Å². The molecule has 1 heterocycles. The Balaban J connectivity index is 1.81. The maximum atomic E-state index is 14.9. The molecule has 1 aliphatic heterocycles. The second-order valence-corrected chi connectivity index (χ2v) is 7.99. The molecule has 2 aliphatic rings. The van der Waals surface area contributed by atoms with E-state index in [1.807, 2.05) is 6.07 Å². The number of hydrogen-bond acceptors (Lipinski definition) is 6. The lowest BCUT2D eigenvalue weighted by atomic mass is 9.82. The fourth-order valence-corrected chi connectivity index (χ4v) is 4.24. The van der Waals surface area contributed by atoms with Gasteiger partial charge in [-0.3, -0.25) is 0 Å². The summed E-state index contributed by atoms with van der Waals surface area (Å²) in [4.78, 5) is 12.6. The molecule has 31 heavy (non-hydrogen) atoms. The summed E-state index contributed by atoms with van der Waals surface area (Å²) in [5.41, 5.74) is 6.94. The third kappa shape index (κ3) is 5.26. The first kappa shape index (κ1) is 22.8. The van der Waals surface area contributed by atoms with Crippen molar-refractivity contribution in [2.75, 3.05) is 13.2 Å². The monoisotopic (exact) mass is 428 g/mol. The van der Waals surface area contributed by atoms with Gasteiger partial charge >= 0.3 is 5.97 Å². The number of nitrogens with zero attached hydrogens (tertiary/aromatic N) is 1. The van der Waals surface area contributed by atoms with Crippen LogP contribution in [0.15, 0.2) is 41.0 Å². The Kier molecular flexibility index (Phi) is 7.69. The number of rotatable bonds is 7. The molecule has 1 unspecified atom stereocenters.